The lowest BCUT2D eigenvalue weighted by Crippen LogP contribution is -2.30. The number of anilines is 1. The van der Waals surface area contributed by atoms with Crippen LogP contribution in [0.4, 0.5) is 5.69 Å². The molecule has 0 spiro atoms. The predicted octanol–water partition coefficient (Wildman–Crippen LogP) is 2.53. The summed E-state index contributed by atoms with van der Waals surface area (Å²) in [5.41, 5.74) is 2.04. The summed E-state index contributed by atoms with van der Waals surface area (Å²) in [6.07, 6.45) is 2.64. The number of carbonyl (C=O) groups excluding carboxylic acids is 1. The maximum Gasteiger partial charge on any atom is 0.253 e. The molecule has 0 aliphatic carbocycles. The fourth-order valence-electron chi connectivity index (χ4n) is 3.79. The van der Waals surface area contributed by atoms with E-state index in [4.69, 9.17) is 9.47 Å². The molecule has 1 fully saturated rings. The molecule has 0 saturated carbocycles. The molecule has 8 nitrogen and oxygen atoms in total. The van der Waals surface area contributed by atoms with Crippen LogP contribution in [0.25, 0.3) is 0 Å². The van der Waals surface area contributed by atoms with Gasteiger partial charge in [0.2, 0.25) is 10.0 Å². The van der Waals surface area contributed by atoms with Crippen LogP contribution in [0.15, 0.2) is 41.3 Å². The Balaban J connectivity index is 1.83. The van der Waals surface area contributed by atoms with Gasteiger partial charge in [0, 0.05) is 39.4 Å². The third kappa shape index (κ3) is 5.16. The largest absolute Gasteiger partial charge is 0.497 e. The van der Waals surface area contributed by atoms with Crippen molar-refractivity contribution in [2.24, 2.45) is 0 Å². The number of carbonyl (C=O) groups is 1. The lowest BCUT2D eigenvalue weighted by molar-refractivity contribution is 0.0954. The molecule has 174 valence electrons. The third-order valence-corrected chi connectivity index (χ3v) is 7.42. The molecule has 2 aromatic rings. The molecule has 1 aliphatic rings. The van der Waals surface area contributed by atoms with Crippen molar-refractivity contribution in [1.82, 2.24) is 9.62 Å². The lowest BCUT2D eigenvalue weighted by atomic mass is 10.1. The second-order valence-electron chi connectivity index (χ2n) is 7.84. The second-order valence-corrected chi connectivity index (χ2v) is 10.00. The number of ether oxygens (including phenoxy) is 2. The topological polar surface area (TPSA) is 88.2 Å². The summed E-state index contributed by atoms with van der Waals surface area (Å²) in [7, 11) is 2.50. The number of nitrogens with one attached hydrogen (secondary N) is 1. The highest BCUT2D eigenvalue weighted by Crippen LogP contribution is 2.28. The number of benzene rings is 2. The standard InChI is InChI=1S/C23H31N3O5S/c1-25(2)32(28,29)19-8-9-21(26-13-5-6-14-26)20(16-19)23(27)24-12-11-17-15-18(30-3)7-10-22(17)31-4/h7-10,15-16H,5-6,11-14H2,1-4H3,(H,24,27). The van der Waals surface area contributed by atoms with E-state index in [0.29, 0.717) is 24.3 Å². The summed E-state index contributed by atoms with van der Waals surface area (Å²) >= 11 is 0. The molecule has 1 aliphatic heterocycles. The fourth-order valence-corrected chi connectivity index (χ4v) is 4.71. The summed E-state index contributed by atoms with van der Waals surface area (Å²) < 4.78 is 37.1. The Bertz CT molecular complexity index is 1060. The summed E-state index contributed by atoms with van der Waals surface area (Å²) in [4.78, 5) is 15.4. The second kappa shape index (κ2) is 10.2. The van der Waals surface area contributed by atoms with Gasteiger partial charge < -0.3 is 19.7 Å². The Labute approximate surface area is 190 Å². The van der Waals surface area contributed by atoms with Crippen molar-refractivity contribution in [2.75, 3.05) is 52.8 Å². The molecule has 2 aromatic carbocycles. The van der Waals surface area contributed by atoms with Crippen LogP contribution in [-0.2, 0) is 16.4 Å². The first-order chi connectivity index (χ1) is 15.3. The quantitative estimate of drug-likeness (QED) is 0.617. The van der Waals surface area contributed by atoms with E-state index in [-0.39, 0.29) is 10.8 Å². The van der Waals surface area contributed by atoms with Crippen LogP contribution in [0, 0.1) is 0 Å². The Hall–Kier alpha value is -2.78. The monoisotopic (exact) mass is 461 g/mol. The Kier molecular flexibility index (Phi) is 7.63. The zero-order chi connectivity index (χ0) is 23.3. The molecule has 1 amide bonds. The minimum atomic E-state index is -3.65. The van der Waals surface area contributed by atoms with Gasteiger partial charge in [-0.15, -0.1) is 0 Å². The number of sulfonamides is 1. The summed E-state index contributed by atoms with van der Waals surface area (Å²) in [5, 5.41) is 2.94. The van der Waals surface area contributed by atoms with Crippen LogP contribution in [0.3, 0.4) is 0 Å². The van der Waals surface area contributed by atoms with E-state index in [1.165, 1.54) is 20.2 Å². The molecule has 0 bridgehead atoms. The molecule has 0 unspecified atom stereocenters. The van der Waals surface area contributed by atoms with Crippen LogP contribution >= 0.6 is 0 Å². The molecule has 1 heterocycles. The highest BCUT2D eigenvalue weighted by atomic mass is 32.2. The number of rotatable bonds is 9. The van der Waals surface area contributed by atoms with Crippen LogP contribution in [-0.4, -0.2) is 66.6 Å². The zero-order valence-corrected chi connectivity index (χ0v) is 19.9. The van der Waals surface area contributed by atoms with Crippen molar-refractivity contribution < 1.29 is 22.7 Å². The van der Waals surface area contributed by atoms with E-state index in [2.05, 4.69) is 10.2 Å². The van der Waals surface area contributed by atoms with Gasteiger partial charge in [0.25, 0.3) is 5.91 Å². The molecular weight excluding hydrogens is 430 g/mol. The van der Waals surface area contributed by atoms with Crippen molar-refractivity contribution in [2.45, 2.75) is 24.2 Å². The molecule has 9 heteroatoms. The van der Waals surface area contributed by atoms with Gasteiger partial charge in [0.1, 0.15) is 11.5 Å². The number of hydrogen-bond donors (Lipinski definition) is 1. The summed E-state index contributed by atoms with van der Waals surface area (Å²) in [6.45, 7) is 2.06. The highest BCUT2D eigenvalue weighted by molar-refractivity contribution is 7.89. The van der Waals surface area contributed by atoms with Crippen molar-refractivity contribution in [3.8, 4) is 11.5 Å². The fraction of sp³-hybridized carbons (Fsp3) is 0.435. The van der Waals surface area contributed by atoms with Crippen molar-refractivity contribution in [3.05, 3.63) is 47.5 Å². The molecule has 1 saturated heterocycles. The zero-order valence-electron chi connectivity index (χ0n) is 19.1. The van der Waals surface area contributed by atoms with Gasteiger partial charge in [-0.25, -0.2) is 12.7 Å². The number of nitrogens with zero attached hydrogens (tertiary/aromatic N) is 2. The van der Waals surface area contributed by atoms with E-state index in [0.717, 1.165) is 47.2 Å². The number of methoxy groups -OCH3 is 2. The molecule has 3 rings (SSSR count). The van der Waals surface area contributed by atoms with E-state index >= 15 is 0 Å². The van der Waals surface area contributed by atoms with E-state index in [9.17, 15) is 13.2 Å². The van der Waals surface area contributed by atoms with Crippen LogP contribution < -0.4 is 19.7 Å². The van der Waals surface area contributed by atoms with Crippen LogP contribution in [0.5, 0.6) is 11.5 Å². The lowest BCUT2D eigenvalue weighted by Gasteiger charge is -2.22. The molecule has 0 radical (unpaired) electrons. The molecular formula is C23H31N3O5S. The smallest absolute Gasteiger partial charge is 0.253 e. The first kappa shape index (κ1) is 23.9. The SMILES string of the molecule is COc1ccc(OC)c(CCNC(=O)c2cc(S(=O)(=O)N(C)C)ccc2N2CCCC2)c1. The molecule has 0 aromatic heterocycles. The first-order valence-corrected chi connectivity index (χ1v) is 12.0. The number of amides is 1. The predicted molar refractivity (Wildman–Crippen MR) is 124 cm³/mol. The van der Waals surface area contributed by atoms with Gasteiger partial charge in [-0.1, -0.05) is 0 Å². The number of hydrogen-bond acceptors (Lipinski definition) is 6. The Morgan fingerprint density at radius 1 is 1.06 bits per heavy atom. The van der Waals surface area contributed by atoms with Crippen molar-refractivity contribution >= 4 is 21.6 Å². The van der Waals surface area contributed by atoms with E-state index in [1.54, 1.807) is 26.4 Å². The molecule has 32 heavy (non-hydrogen) atoms. The summed E-state index contributed by atoms with van der Waals surface area (Å²) in [5.74, 6) is 1.13. The average molecular weight is 462 g/mol. The average Bonchev–Trinajstić information content (AvgIpc) is 3.33. The highest BCUT2D eigenvalue weighted by Gasteiger charge is 2.24. The van der Waals surface area contributed by atoms with Gasteiger partial charge in [-0.05, 0) is 61.2 Å². The van der Waals surface area contributed by atoms with Gasteiger partial charge in [0.05, 0.1) is 24.7 Å². The van der Waals surface area contributed by atoms with Gasteiger partial charge in [0.15, 0.2) is 0 Å². The minimum absolute atomic E-state index is 0.102. The van der Waals surface area contributed by atoms with Gasteiger partial charge >= 0.3 is 0 Å². The Morgan fingerprint density at radius 3 is 2.41 bits per heavy atom. The first-order valence-electron chi connectivity index (χ1n) is 10.6. The maximum absolute atomic E-state index is 13.1. The normalized spacial score (nSPS) is 14.0. The minimum Gasteiger partial charge on any atom is -0.497 e. The van der Waals surface area contributed by atoms with Gasteiger partial charge in [-0.3, -0.25) is 4.79 Å². The molecule has 1 N–H and O–H groups in total. The Morgan fingerprint density at radius 2 is 1.78 bits per heavy atom. The van der Waals surface area contributed by atoms with Gasteiger partial charge in [-0.2, -0.15) is 0 Å². The summed E-state index contributed by atoms with van der Waals surface area (Å²) in [6, 6.07) is 10.3. The van der Waals surface area contributed by atoms with E-state index in [1.807, 2.05) is 18.2 Å². The van der Waals surface area contributed by atoms with Crippen molar-refractivity contribution in [3.63, 3.8) is 0 Å². The van der Waals surface area contributed by atoms with E-state index < -0.39 is 10.0 Å². The van der Waals surface area contributed by atoms with Crippen molar-refractivity contribution in [1.29, 1.82) is 0 Å². The molecule has 0 atom stereocenters. The van der Waals surface area contributed by atoms with Crippen LogP contribution in [0.1, 0.15) is 28.8 Å². The maximum atomic E-state index is 13.1. The van der Waals surface area contributed by atoms with Crippen LogP contribution in [0.2, 0.25) is 0 Å². The third-order valence-electron chi connectivity index (χ3n) is 5.61.